The first kappa shape index (κ1) is 24.6. The average Bonchev–Trinajstić information content (AvgIpc) is 3.32. The van der Waals surface area contributed by atoms with Gasteiger partial charge < -0.3 is 4.42 Å². The van der Waals surface area contributed by atoms with Crippen LogP contribution in [0.15, 0.2) is 95.5 Å². The second-order valence-corrected chi connectivity index (χ2v) is 10.7. The molecule has 0 atom stereocenters. The number of aromatic nitrogens is 1. The standard InChI is InChI=1S/C36H31N2O/c1-22(2)27-18-19-38(5)32(20-27)33-24(4)10-16-30-31-17-15-28(21-37)34(36(31)39-35(30)33)26-13-11-25(12-14-26)29-9-7-6-8-23(29)3/h6-20,22H,1-5H3/q+1. The highest BCUT2D eigenvalue weighted by atomic mass is 16.3. The van der Waals surface area contributed by atoms with E-state index in [0.717, 1.165) is 55.4 Å². The van der Waals surface area contributed by atoms with Crippen LogP contribution in [-0.2, 0) is 7.05 Å². The quantitative estimate of drug-likeness (QED) is 0.223. The number of hydrogen-bond acceptors (Lipinski definition) is 2. The van der Waals surface area contributed by atoms with Gasteiger partial charge in [0.05, 0.1) is 17.2 Å². The normalized spacial score (nSPS) is 11.4. The Balaban J connectivity index is 1.60. The molecule has 4 aromatic carbocycles. The van der Waals surface area contributed by atoms with Crippen molar-refractivity contribution < 1.29 is 8.98 Å². The summed E-state index contributed by atoms with van der Waals surface area (Å²) >= 11 is 0. The van der Waals surface area contributed by atoms with Gasteiger partial charge in [0.25, 0.3) is 0 Å². The van der Waals surface area contributed by atoms with Crippen LogP contribution in [0.5, 0.6) is 0 Å². The molecule has 3 nitrogen and oxygen atoms in total. The van der Waals surface area contributed by atoms with Gasteiger partial charge in [0, 0.05) is 28.5 Å². The first-order chi connectivity index (χ1) is 18.9. The average molecular weight is 508 g/mol. The van der Waals surface area contributed by atoms with E-state index in [1.165, 1.54) is 16.7 Å². The molecule has 2 aromatic heterocycles. The lowest BCUT2D eigenvalue weighted by Gasteiger charge is -2.09. The summed E-state index contributed by atoms with van der Waals surface area (Å²) in [5.41, 5.74) is 12.3. The van der Waals surface area contributed by atoms with E-state index in [1.54, 1.807) is 0 Å². The van der Waals surface area contributed by atoms with Gasteiger partial charge in [0.2, 0.25) is 5.69 Å². The van der Waals surface area contributed by atoms with Gasteiger partial charge in [-0.2, -0.15) is 5.26 Å². The minimum Gasteiger partial charge on any atom is -0.454 e. The Morgan fingerprint density at radius 1 is 0.744 bits per heavy atom. The minimum absolute atomic E-state index is 0.424. The van der Waals surface area contributed by atoms with Crippen LogP contribution in [-0.4, -0.2) is 0 Å². The van der Waals surface area contributed by atoms with Crippen LogP contribution in [0.4, 0.5) is 0 Å². The first-order valence-electron chi connectivity index (χ1n) is 13.4. The number of nitriles is 1. The monoisotopic (exact) mass is 507 g/mol. The molecule has 0 aliphatic heterocycles. The third kappa shape index (κ3) is 4.10. The van der Waals surface area contributed by atoms with Crippen LogP contribution in [0, 0.1) is 25.2 Å². The Labute approximate surface area is 229 Å². The molecular formula is C36H31N2O+. The molecule has 190 valence electrons. The van der Waals surface area contributed by atoms with Crippen molar-refractivity contribution in [3.05, 3.63) is 113 Å². The van der Waals surface area contributed by atoms with Crippen LogP contribution in [0.25, 0.3) is 55.4 Å². The summed E-state index contributed by atoms with van der Waals surface area (Å²) < 4.78 is 8.93. The largest absolute Gasteiger partial charge is 0.454 e. The molecule has 0 N–H and O–H groups in total. The van der Waals surface area contributed by atoms with Crippen molar-refractivity contribution in [2.45, 2.75) is 33.6 Å². The van der Waals surface area contributed by atoms with E-state index in [9.17, 15) is 5.26 Å². The lowest BCUT2D eigenvalue weighted by atomic mass is 9.94. The highest BCUT2D eigenvalue weighted by molar-refractivity contribution is 6.14. The Hall–Kier alpha value is -4.68. The molecule has 0 bridgehead atoms. The van der Waals surface area contributed by atoms with Crippen LogP contribution in [0.1, 0.15) is 42.0 Å². The van der Waals surface area contributed by atoms with Gasteiger partial charge >= 0.3 is 0 Å². The fourth-order valence-electron chi connectivity index (χ4n) is 5.61. The van der Waals surface area contributed by atoms with Gasteiger partial charge in [0.1, 0.15) is 18.2 Å². The molecule has 0 amide bonds. The molecule has 6 rings (SSSR count). The van der Waals surface area contributed by atoms with Crippen LogP contribution in [0.2, 0.25) is 0 Å². The lowest BCUT2D eigenvalue weighted by Crippen LogP contribution is -2.31. The van der Waals surface area contributed by atoms with E-state index in [4.69, 9.17) is 4.42 Å². The van der Waals surface area contributed by atoms with Gasteiger partial charge in [0.15, 0.2) is 6.20 Å². The van der Waals surface area contributed by atoms with Gasteiger partial charge in [-0.25, -0.2) is 4.57 Å². The molecule has 0 radical (unpaired) electrons. The van der Waals surface area contributed by atoms with E-state index < -0.39 is 0 Å². The zero-order valence-corrected chi connectivity index (χ0v) is 23.0. The molecule has 0 aliphatic carbocycles. The summed E-state index contributed by atoms with van der Waals surface area (Å²) in [4.78, 5) is 0. The van der Waals surface area contributed by atoms with Crippen molar-refractivity contribution in [2.24, 2.45) is 7.05 Å². The van der Waals surface area contributed by atoms with E-state index >= 15 is 0 Å². The maximum absolute atomic E-state index is 10.1. The Morgan fingerprint density at radius 3 is 2.10 bits per heavy atom. The minimum atomic E-state index is 0.424. The number of fused-ring (bicyclic) bond motifs is 3. The van der Waals surface area contributed by atoms with Crippen molar-refractivity contribution in [1.29, 1.82) is 5.26 Å². The molecular weight excluding hydrogens is 476 g/mol. The number of furan rings is 1. The number of rotatable bonds is 4. The summed E-state index contributed by atoms with van der Waals surface area (Å²) in [6.07, 6.45) is 2.13. The Bertz CT molecular complexity index is 1920. The molecule has 39 heavy (non-hydrogen) atoms. The molecule has 3 heteroatoms. The fraction of sp³-hybridized carbons (Fsp3) is 0.167. The topological polar surface area (TPSA) is 40.8 Å². The van der Waals surface area contributed by atoms with Crippen molar-refractivity contribution in [2.75, 3.05) is 0 Å². The maximum Gasteiger partial charge on any atom is 0.216 e. The summed E-state index contributed by atoms with van der Waals surface area (Å²) in [6.45, 7) is 8.69. The van der Waals surface area contributed by atoms with Gasteiger partial charge in [-0.15, -0.1) is 0 Å². The lowest BCUT2D eigenvalue weighted by molar-refractivity contribution is -0.660. The number of hydrogen-bond donors (Lipinski definition) is 0. The molecule has 2 heterocycles. The summed E-state index contributed by atoms with van der Waals surface area (Å²) in [7, 11) is 2.08. The highest BCUT2D eigenvalue weighted by Crippen LogP contribution is 2.42. The zero-order chi connectivity index (χ0) is 27.3. The van der Waals surface area contributed by atoms with Gasteiger partial charge in [-0.3, -0.25) is 0 Å². The van der Waals surface area contributed by atoms with Crippen LogP contribution in [0.3, 0.4) is 0 Å². The predicted molar refractivity (Wildman–Crippen MR) is 159 cm³/mol. The second-order valence-electron chi connectivity index (χ2n) is 10.7. The van der Waals surface area contributed by atoms with E-state index in [1.807, 2.05) is 12.1 Å². The van der Waals surface area contributed by atoms with E-state index in [-0.39, 0.29) is 0 Å². The molecule has 6 aromatic rings. The van der Waals surface area contributed by atoms with Gasteiger partial charge in [-0.05, 0) is 65.3 Å². The highest BCUT2D eigenvalue weighted by Gasteiger charge is 2.24. The van der Waals surface area contributed by atoms with Crippen molar-refractivity contribution in [1.82, 2.24) is 0 Å². The third-order valence-electron chi connectivity index (χ3n) is 7.86. The molecule has 0 fully saturated rings. The molecule has 0 saturated heterocycles. The fourth-order valence-corrected chi connectivity index (χ4v) is 5.61. The SMILES string of the molecule is Cc1ccccc1-c1ccc(-c2c(C#N)ccc3c2oc2c(-c4cc(C(C)C)cc[n+]4C)c(C)ccc23)cc1. The first-order valence-corrected chi connectivity index (χ1v) is 13.4. The molecule has 0 saturated carbocycles. The number of aryl methyl sites for hydroxylation is 3. The number of pyridine rings is 1. The second kappa shape index (κ2) is 9.57. The Morgan fingerprint density at radius 2 is 1.41 bits per heavy atom. The number of benzene rings is 4. The van der Waals surface area contributed by atoms with E-state index in [0.29, 0.717) is 11.5 Å². The predicted octanol–water partition coefficient (Wildman–Crippen LogP) is 9.02. The summed E-state index contributed by atoms with van der Waals surface area (Å²) in [5.74, 6) is 0.424. The molecule has 0 spiro atoms. The van der Waals surface area contributed by atoms with Crippen LogP contribution >= 0.6 is 0 Å². The maximum atomic E-state index is 10.1. The number of nitrogens with zero attached hydrogens (tertiary/aromatic N) is 2. The van der Waals surface area contributed by atoms with Crippen LogP contribution < -0.4 is 4.57 Å². The molecule has 0 unspecified atom stereocenters. The van der Waals surface area contributed by atoms with Gasteiger partial charge in [-0.1, -0.05) is 74.5 Å². The van der Waals surface area contributed by atoms with Crippen molar-refractivity contribution >= 4 is 21.9 Å². The third-order valence-corrected chi connectivity index (χ3v) is 7.86. The summed E-state index contributed by atoms with van der Waals surface area (Å²) in [6, 6.07) is 32.0. The Kier molecular flexibility index (Phi) is 6.04. The van der Waals surface area contributed by atoms with Crippen molar-refractivity contribution in [3.8, 4) is 39.6 Å². The smallest absolute Gasteiger partial charge is 0.216 e. The van der Waals surface area contributed by atoms with E-state index in [2.05, 4.69) is 124 Å². The summed E-state index contributed by atoms with van der Waals surface area (Å²) in [5, 5.41) is 12.2. The van der Waals surface area contributed by atoms with Crippen molar-refractivity contribution in [3.63, 3.8) is 0 Å². The zero-order valence-electron chi connectivity index (χ0n) is 23.0. The molecule has 0 aliphatic rings.